The number of aryl methyl sites for hydroxylation is 1. The van der Waals surface area contributed by atoms with E-state index in [1.165, 1.54) is 12.1 Å². The third-order valence-electron chi connectivity index (χ3n) is 2.99. The molecule has 0 unspecified atom stereocenters. The van der Waals surface area contributed by atoms with Gasteiger partial charge in [0.05, 0.1) is 17.6 Å². The van der Waals surface area contributed by atoms with Crippen LogP contribution < -0.4 is 5.32 Å². The molecule has 1 atom stereocenters. The average molecular weight is 265 g/mol. The molecule has 1 heterocycles. The smallest absolute Gasteiger partial charge is 0.125 e. The molecule has 0 saturated carbocycles. The Kier molecular flexibility index (Phi) is 4.87. The molecule has 2 aromatic rings. The van der Waals surface area contributed by atoms with E-state index in [4.69, 9.17) is 4.74 Å². The molecular formula is C14H20FN3O. The molecule has 2 N–H and O–H groups in total. The molecular weight excluding hydrogens is 245 g/mol. The van der Waals surface area contributed by atoms with Crippen molar-refractivity contribution in [3.63, 3.8) is 0 Å². The summed E-state index contributed by atoms with van der Waals surface area (Å²) in [4.78, 5) is 7.58. The summed E-state index contributed by atoms with van der Waals surface area (Å²) < 4.78 is 18.1. The number of nitrogens with zero attached hydrogens (tertiary/aromatic N) is 1. The average Bonchev–Trinajstić information content (AvgIpc) is 2.77. The van der Waals surface area contributed by atoms with Crippen molar-refractivity contribution in [2.45, 2.75) is 25.8 Å². The highest BCUT2D eigenvalue weighted by atomic mass is 19.1. The molecule has 0 bridgehead atoms. The Morgan fingerprint density at radius 3 is 3.11 bits per heavy atom. The summed E-state index contributed by atoms with van der Waals surface area (Å²) in [6, 6.07) is 4.96. The van der Waals surface area contributed by atoms with Crippen LogP contribution in [0.2, 0.25) is 0 Å². The third-order valence-corrected chi connectivity index (χ3v) is 2.99. The van der Waals surface area contributed by atoms with Crippen LogP contribution in [0.25, 0.3) is 11.0 Å². The normalized spacial score (nSPS) is 13.0. The van der Waals surface area contributed by atoms with E-state index in [2.05, 4.69) is 22.2 Å². The van der Waals surface area contributed by atoms with Crippen molar-refractivity contribution in [3.05, 3.63) is 29.8 Å². The van der Waals surface area contributed by atoms with Crippen molar-refractivity contribution in [1.82, 2.24) is 15.3 Å². The predicted molar refractivity (Wildman–Crippen MR) is 73.7 cm³/mol. The summed E-state index contributed by atoms with van der Waals surface area (Å²) in [6.07, 6.45) is 1.83. The van der Waals surface area contributed by atoms with E-state index >= 15 is 0 Å². The van der Waals surface area contributed by atoms with Crippen LogP contribution in [0.4, 0.5) is 4.39 Å². The lowest BCUT2D eigenvalue weighted by atomic mass is 10.2. The standard InChI is InChI=1S/C14H20FN3O/c1-10(9-19-2)16-7-3-4-14-17-12-6-5-11(15)8-13(12)18-14/h5-6,8,10,16H,3-4,7,9H2,1-2H3,(H,17,18)/t10-/m0/s1. The highest BCUT2D eigenvalue weighted by Gasteiger charge is 2.04. The number of halogens is 1. The van der Waals surface area contributed by atoms with Crippen LogP contribution in [-0.2, 0) is 11.2 Å². The molecule has 104 valence electrons. The van der Waals surface area contributed by atoms with Crippen LogP contribution in [0.1, 0.15) is 19.2 Å². The van der Waals surface area contributed by atoms with Gasteiger partial charge in [0.25, 0.3) is 0 Å². The van der Waals surface area contributed by atoms with Gasteiger partial charge in [-0.15, -0.1) is 0 Å². The molecule has 0 radical (unpaired) electrons. The van der Waals surface area contributed by atoms with Crippen LogP contribution in [0.5, 0.6) is 0 Å². The van der Waals surface area contributed by atoms with Crippen LogP contribution in [0.3, 0.4) is 0 Å². The predicted octanol–water partition coefficient (Wildman–Crippen LogP) is 2.26. The fourth-order valence-electron chi connectivity index (χ4n) is 2.07. The van der Waals surface area contributed by atoms with E-state index in [-0.39, 0.29) is 5.82 Å². The number of hydrogen-bond acceptors (Lipinski definition) is 3. The van der Waals surface area contributed by atoms with Crippen LogP contribution >= 0.6 is 0 Å². The first-order valence-corrected chi connectivity index (χ1v) is 6.55. The first-order valence-electron chi connectivity index (χ1n) is 6.55. The van der Waals surface area contributed by atoms with Gasteiger partial charge in [0.15, 0.2) is 0 Å². The van der Waals surface area contributed by atoms with E-state index in [1.54, 1.807) is 13.2 Å². The zero-order valence-corrected chi connectivity index (χ0v) is 11.4. The summed E-state index contributed by atoms with van der Waals surface area (Å²) >= 11 is 0. The highest BCUT2D eigenvalue weighted by Crippen LogP contribution is 2.13. The summed E-state index contributed by atoms with van der Waals surface area (Å²) in [5.74, 6) is 0.666. The molecule has 0 fully saturated rings. The van der Waals surface area contributed by atoms with E-state index in [9.17, 15) is 4.39 Å². The third kappa shape index (κ3) is 4.01. The number of nitrogens with one attached hydrogen (secondary N) is 2. The van der Waals surface area contributed by atoms with E-state index in [0.29, 0.717) is 12.6 Å². The minimum Gasteiger partial charge on any atom is -0.383 e. The van der Waals surface area contributed by atoms with Gasteiger partial charge in [-0.1, -0.05) is 0 Å². The minimum absolute atomic E-state index is 0.238. The van der Waals surface area contributed by atoms with Gasteiger partial charge in [-0.25, -0.2) is 9.37 Å². The lowest BCUT2D eigenvalue weighted by Gasteiger charge is -2.11. The fourth-order valence-corrected chi connectivity index (χ4v) is 2.07. The SMILES string of the molecule is COC[C@H](C)NCCCc1nc2ccc(F)cc2[nH]1. The van der Waals surface area contributed by atoms with Crippen molar-refractivity contribution in [3.8, 4) is 0 Å². The second-order valence-electron chi connectivity index (χ2n) is 4.76. The van der Waals surface area contributed by atoms with Crippen molar-refractivity contribution in [2.24, 2.45) is 0 Å². The zero-order chi connectivity index (χ0) is 13.7. The van der Waals surface area contributed by atoms with Crippen molar-refractivity contribution >= 4 is 11.0 Å². The number of aromatic nitrogens is 2. The lowest BCUT2D eigenvalue weighted by Crippen LogP contribution is -2.31. The maximum absolute atomic E-state index is 13.0. The molecule has 19 heavy (non-hydrogen) atoms. The van der Waals surface area contributed by atoms with Crippen LogP contribution in [0.15, 0.2) is 18.2 Å². The van der Waals surface area contributed by atoms with Gasteiger partial charge in [0, 0.05) is 19.6 Å². The molecule has 0 saturated heterocycles. The Balaban J connectivity index is 1.81. The second-order valence-corrected chi connectivity index (χ2v) is 4.76. The Morgan fingerprint density at radius 1 is 1.47 bits per heavy atom. The van der Waals surface area contributed by atoms with Gasteiger partial charge in [-0.2, -0.15) is 0 Å². The molecule has 0 aliphatic heterocycles. The van der Waals surface area contributed by atoms with Gasteiger partial charge < -0.3 is 15.0 Å². The molecule has 1 aromatic carbocycles. The van der Waals surface area contributed by atoms with Gasteiger partial charge in [-0.3, -0.25) is 0 Å². The fraction of sp³-hybridized carbons (Fsp3) is 0.500. The summed E-state index contributed by atoms with van der Waals surface area (Å²) in [7, 11) is 1.70. The number of methoxy groups -OCH3 is 1. The van der Waals surface area contributed by atoms with E-state index < -0.39 is 0 Å². The highest BCUT2D eigenvalue weighted by molar-refractivity contribution is 5.74. The Bertz CT molecular complexity index is 526. The number of aromatic amines is 1. The number of H-pyrrole nitrogens is 1. The Morgan fingerprint density at radius 2 is 2.32 bits per heavy atom. The molecule has 0 aliphatic rings. The van der Waals surface area contributed by atoms with Gasteiger partial charge in [0.2, 0.25) is 0 Å². The number of hydrogen-bond donors (Lipinski definition) is 2. The number of ether oxygens (including phenoxy) is 1. The quantitative estimate of drug-likeness (QED) is 0.755. The molecule has 5 heteroatoms. The summed E-state index contributed by atoms with van der Waals surface area (Å²) in [6.45, 7) is 3.72. The molecule has 0 aliphatic carbocycles. The number of imidazole rings is 1. The Labute approximate surface area is 112 Å². The monoisotopic (exact) mass is 265 g/mol. The van der Waals surface area contributed by atoms with Crippen molar-refractivity contribution in [2.75, 3.05) is 20.3 Å². The molecule has 2 rings (SSSR count). The van der Waals surface area contributed by atoms with Crippen molar-refractivity contribution in [1.29, 1.82) is 0 Å². The van der Waals surface area contributed by atoms with Crippen LogP contribution in [-0.4, -0.2) is 36.3 Å². The van der Waals surface area contributed by atoms with Gasteiger partial charge in [0.1, 0.15) is 11.6 Å². The minimum atomic E-state index is -0.238. The van der Waals surface area contributed by atoms with E-state index in [0.717, 1.165) is 36.2 Å². The number of rotatable bonds is 7. The first kappa shape index (κ1) is 14.0. The largest absolute Gasteiger partial charge is 0.383 e. The maximum Gasteiger partial charge on any atom is 0.125 e. The molecule has 0 amide bonds. The zero-order valence-electron chi connectivity index (χ0n) is 11.4. The van der Waals surface area contributed by atoms with Crippen LogP contribution in [0, 0.1) is 5.82 Å². The van der Waals surface area contributed by atoms with Gasteiger partial charge >= 0.3 is 0 Å². The molecule has 1 aromatic heterocycles. The second kappa shape index (κ2) is 6.63. The molecule has 0 spiro atoms. The topological polar surface area (TPSA) is 49.9 Å². The summed E-state index contributed by atoms with van der Waals surface area (Å²) in [5.41, 5.74) is 1.58. The first-order chi connectivity index (χ1) is 9.19. The molecule has 4 nitrogen and oxygen atoms in total. The van der Waals surface area contributed by atoms with Gasteiger partial charge in [-0.05, 0) is 38.1 Å². The Hall–Kier alpha value is -1.46. The number of benzene rings is 1. The van der Waals surface area contributed by atoms with E-state index in [1.807, 2.05) is 0 Å². The summed E-state index contributed by atoms with van der Waals surface area (Å²) in [5, 5.41) is 3.37. The number of fused-ring (bicyclic) bond motifs is 1. The maximum atomic E-state index is 13.0. The lowest BCUT2D eigenvalue weighted by molar-refractivity contribution is 0.172. The van der Waals surface area contributed by atoms with Crippen molar-refractivity contribution < 1.29 is 9.13 Å².